The van der Waals surface area contributed by atoms with Gasteiger partial charge in [0.25, 0.3) is 0 Å². The minimum absolute atomic E-state index is 0.390. The average molecular weight is 191 g/mol. The molecule has 0 amide bonds. The van der Waals surface area contributed by atoms with Crippen LogP contribution in [-0.2, 0) is 0 Å². The van der Waals surface area contributed by atoms with Crippen molar-refractivity contribution in [2.75, 3.05) is 5.73 Å². The van der Waals surface area contributed by atoms with Gasteiger partial charge in [-0.3, -0.25) is 0 Å². The summed E-state index contributed by atoms with van der Waals surface area (Å²) in [4.78, 5) is 0. The molecular weight excluding hydrogens is 178 g/mol. The molecule has 4 heteroatoms. The summed E-state index contributed by atoms with van der Waals surface area (Å²) in [6, 6.07) is 6.42. The first kappa shape index (κ1) is 10.5. The normalized spacial score (nSPS) is 14.4. The van der Waals surface area contributed by atoms with Crippen LogP contribution >= 0.6 is 0 Å². The van der Waals surface area contributed by atoms with Crippen LogP contribution in [0.1, 0.15) is 24.1 Å². The summed E-state index contributed by atoms with van der Waals surface area (Å²) in [6.45, 7) is 1.61. The van der Waals surface area contributed by atoms with Crippen molar-refractivity contribution in [2.45, 2.75) is 19.1 Å². The number of nitriles is 1. The van der Waals surface area contributed by atoms with Gasteiger partial charge in [-0.15, -0.1) is 0 Å². The molecule has 0 unspecified atom stereocenters. The second kappa shape index (κ2) is 4.09. The van der Waals surface area contributed by atoms with Gasteiger partial charge in [-0.25, -0.2) is 0 Å². The first-order valence-corrected chi connectivity index (χ1v) is 4.29. The number of aliphatic hydroxyl groups excluding tert-OH is 1. The van der Waals surface area contributed by atoms with Gasteiger partial charge in [0.1, 0.15) is 6.07 Å². The van der Waals surface area contributed by atoms with E-state index in [-0.39, 0.29) is 0 Å². The number of aliphatic hydroxyl groups is 1. The van der Waals surface area contributed by atoms with Gasteiger partial charge in [-0.05, 0) is 24.6 Å². The van der Waals surface area contributed by atoms with E-state index >= 15 is 0 Å². The van der Waals surface area contributed by atoms with E-state index in [0.717, 1.165) is 5.56 Å². The van der Waals surface area contributed by atoms with Crippen LogP contribution in [0.25, 0.3) is 0 Å². The Kier molecular flexibility index (Phi) is 3.07. The molecular formula is C10H13N3O. The van der Waals surface area contributed by atoms with Crippen molar-refractivity contribution in [2.24, 2.45) is 5.73 Å². The van der Waals surface area contributed by atoms with Crippen LogP contribution in [0.4, 0.5) is 5.69 Å². The van der Waals surface area contributed by atoms with Gasteiger partial charge in [0, 0.05) is 5.69 Å². The first-order chi connectivity index (χ1) is 6.56. The molecule has 0 saturated carbocycles. The number of hydrogen-bond acceptors (Lipinski definition) is 4. The van der Waals surface area contributed by atoms with E-state index in [1.165, 1.54) is 0 Å². The molecule has 5 N–H and O–H groups in total. The summed E-state index contributed by atoms with van der Waals surface area (Å²) >= 11 is 0. The van der Waals surface area contributed by atoms with Gasteiger partial charge in [0.2, 0.25) is 0 Å². The third-order valence-electron chi connectivity index (χ3n) is 2.10. The van der Waals surface area contributed by atoms with Crippen molar-refractivity contribution >= 4 is 5.69 Å². The Labute approximate surface area is 82.8 Å². The topological polar surface area (TPSA) is 96.1 Å². The largest absolute Gasteiger partial charge is 0.398 e. The van der Waals surface area contributed by atoms with Gasteiger partial charge >= 0.3 is 0 Å². The lowest BCUT2D eigenvalue weighted by Crippen LogP contribution is -2.23. The molecule has 74 valence electrons. The van der Waals surface area contributed by atoms with Crippen LogP contribution in [0.5, 0.6) is 0 Å². The summed E-state index contributed by atoms with van der Waals surface area (Å²) in [6.07, 6.45) is -0.637. The number of nitrogen functional groups attached to an aromatic ring is 1. The number of rotatable bonds is 2. The molecule has 0 aromatic heterocycles. The molecule has 0 aliphatic rings. The van der Waals surface area contributed by atoms with Crippen molar-refractivity contribution in [1.82, 2.24) is 0 Å². The monoisotopic (exact) mass is 191 g/mol. The fourth-order valence-electron chi connectivity index (χ4n) is 1.17. The van der Waals surface area contributed by atoms with Gasteiger partial charge in [-0.1, -0.05) is 6.07 Å². The molecule has 1 rings (SSSR count). The minimum atomic E-state index is -0.637. The first-order valence-electron chi connectivity index (χ1n) is 4.29. The van der Waals surface area contributed by atoms with Crippen molar-refractivity contribution in [3.63, 3.8) is 0 Å². The predicted molar refractivity (Wildman–Crippen MR) is 54.2 cm³/mol. The summed E-state index contributed by atoms with van der Waals surface area (Å²) < 4.78 is 0. The quantitative estimate of drug-likeness (QED) is 0.594. The van der Waals surface area contributed by atoms with Crippen LogP contribution in [0.2, 0.25) is 0 Å². The van der Waals surface area contributed by atoms with Crippen molar-refractivity contribution in [3.8, 4) is 6.07 Å². The van der Waals surface area contributed by atoms with Crippen molar-refractivity contribution in [3.05, 3.63) is 29.3 Å². The maximum absolute atomic E-state index is 9.26. The van der Waals surface area contributed by atoms with E-state index < -0.39 is 12.1 Å². The highest BCUT2D eigenvalue weighted by Gasteiger charge is 2.12. The molecule has 2 atom stereocenters. The number of anilines is 1. The maximum Gasteiger partial charge on any atom is 0.101 e. The summed E-state index contributed by atoms with van der Waals surface area (Å²) in [5, 5.41) is 17.9. The molecule has 0 aliphatic carbocycles. The highest BCUT2D eigenvalue weighted by Crippen LogP contribution is 2.19. The van der Waals surface area contributed by atoms with Crippen LogP contribution < -0.4 is 11.5 Å². The summed E-state index contributed by atoms with van der Waals surface area (Å²) in [5.74, 6) is 0. The standard InChI is InChI=1S/C10H13N3O/c1-6(14)10(13)7-2-3-8(5-11)9(12)4-7/h2-4,6,10,14H,12-13H2,1H3/t6-,10+/m0/s1. The zero-order valence-corrected chi connectivity index (χ0v) is 7.94. The minimum Gasteiger partial charge on any atom is -0.398 e. The van der Waals surface area contributed by atoms with Crippen molar-refractivity contribution < 1.29 is 5.11 Å². The Morgan fingerprint density at radius 2 is 2.14 bits per heavy atom. The van der Waals surface area contributed by atoms with Crippen LogP contribution in [0, 0.1) is 11.3 Å². The van der Waals surface area contributed by atoms with E-state index in [1.54, 1.807) is 25.1 Å². The predicted octanol–water partition coefficient (Wildman–Crippen LogP) is 0.521. The SMILES string of the molecule is C[C@H](O)[C@@H](N)c1ccc(C#N)c(N)c1. The molecule has 0 saturated heterocycles. The number of benzene rings is 1. The summed E-state index contributed by atoms with van der Waals surface area (Å²) in [7, 11) is 0. The highest BCUT2D eigenvalue weighted by atomic mass is 16.3. The Balaban J connectivity index is 3.04. The molecule has 4 nitrogen and oxygen atoms in total. The molecule has 1 aromatic rings. The molecule has 0 spiro atoms. The smallest absolute Gasteiger partial charge is 0.101 e. The fourth-order valence-corrected chi connectivity index (χ4v) is 1.17. The van der Waals surface area contributed by atoms with E-state index in [0.29, 0.717) is 11.3 Å². The molecule has 0 fully saturated rings. The number of hydrogen-bond donors (Lipinski definition) is 3. The molecule has 1 aromatic carbocycles. The number of nitrogens with zero attached hydrogens (tertiary/aromatic N) is 1. The van der Waals surface area contributed by atoms with E-state index in [9.17, 15) is 5.11 Å². The van der Waals surface area contributed by atoms with Crippen LogP contribution in [-0.4, -0.2) is 11.2 Å². The summed E-state index contributed by atoms with van der Waals surface area (Å²) in [5.41, 5.74) is 12.9. The molecule has 0 bridgehead atoms. The molecule has 14 heavy (non-hydrogen) atoms. The Morgan fingerprint density at radius 3 is 2.57 bits per heavy atom. The zero-order chi connectivity index (χ0) is 10.7. The maximum atomic E-state index is 9.26. The lowest BCUT2D eigenvalue weighted by molar-refractivity contribution is 0.164. The Hall–Kier alpha value is -1.57. The van der Waals surface area contributed by atoms with Gasteiger partial charge in [0.05, 0.1) is 17.7 Å². The van der Waals surface area contributed by atoms with Gasteiger partial charge in [0.15, 0.2) is 0 Å². The average Bonchev–Trinajstić information content (AvgIpc) is 2.16. The van der Waals surface area contributed by atoms with Gasteiger partial charge in [-0.2, -0.15) is 5.26 Å². The molecule has 0 heterocycles. The van der Waals surface area contributed by atoms with Crippen LogP contribution in [0.3, 0.4) is 0 Å². The second-order valence-electron chi connectivity index (χ2n) is 3.22. The lowest BCUT2D eigenvalue weighted by Gasteiger charge is -2.15. The third kappa shape index (κ3) is 2.02. The van der Waals surface area contributed by atoms with Crippen molar-refractivity contribution in [1.29, 1.82) is 5.26 Å². The van der Waals surface area contributed by atoms with E-state index in [4.69, 9.17) is 16.7 Å². The lowest BCUT2D eigenvalue weighted by atomic mass is 10.0. The van der Waals surface area contributed by atoms with E-state index in [1.807, 2.05) is 6.07 Å². The fraction of sp³-hybridized carbons (Fsp3) is 0.300. The number of nitrogens with two attached hydrogens (primary N) is 2. The zero-order valence-electron chi connectivity index (χ0n) is 7.94. The Bertz CT molecular complexity index is 368. The van der Waals surface area contributed by atoms with E-state index in [2.05, 4.69) is 0 Å². The Morgan fingerprint density at radius 1 is 1.50 bits per heavy atom. The van der Waals surface area contributed by atoms with Gasteiger partial charge < -0.3 is 16.6 Å². The third-order valence-corrected chi connectivity index (χ3v) is 2.10. The van der Waals surface area contributed by atoms with Crippen LogP contribution in [0.15, 0.2) is 18.2 Å². The molecule has 0 radical (unpaired) electrons. The second-order valence-corrected chi connectivity index (χ2v) is 3.22. The molecule has 0 aliphatic heterocycles. The highest BCUT2D eigenvalue weighted by molar-refractivity contribution is 5.55.